The third-order valence-corrected chi connectivity index (χ3v) is 6.80. The molecule has 0 N–H and O–H groups in total. The van der Waals surface area contributed by atoms with Gasteiger partial charge in [0, 0.05) is 26.2 Å². The fraction of sp³-hybridized carbons (Fsp3) is 0.429. The van der Waals surface area contributed by atoms with Crippen LogP contribution in [-0.2, 0) is 16.4 Å². The Morgan fingerprint density at radius 2 is 1.59 bits per heavy atom. The van der Waals surface area contributed by atoms with Crippen molar-refractivity contribution in [1.29, 1.82) is 0 Å². The van der Waals surface area contributed by atoms with Crippen LogP contribution in [0.5, 0.6) is 5.75 Å². The van der Waals surface area contributed by atoms with E-state index in [-0.39, 0.29) is 5.75 Å². The highest BCUT2D eigenvalue weighted by atomic mass is 32.2. The third kappa shape index (κ3) is 5.23. The van der Waals surface area contributed by atoms with E-state index < -0.39 is 10.0 Å². The van der Waals surface area contributed by atoms with Crippen molar-refractivity contribution < 1.29 is 13.2 Å². The Morgan fingerprint density at radius 1 is 0.926 bits per heavy atom. The zero-order valence-corrected chi connectivity index (χ0v) is 16.7. The van der Waals surface area contributed by atoms with E-state index in [0.29, 0.717) is 39.2 Å². The minimum Gasteiger partial charge on any atom is -0.492 e. The third-order valence-electron chi connectivity index (χ3n) is 4.85. The molecular weight excluding hydrogens is 360 g/mol. The van der Waals surface area contributed by atoms with Crippen LogP contribution >= 0.6 is 0 Å². The summed E-state index contributed by atoms with van der Waals surface area (Å²) in [5.41, 5.74) is 2.23. The fourth-order valence-corrected chi connectivity index (χ4v) is 4.92. The van der Waals surface area contributed by atoms with E-state index in [1.807, 2.05) is 61.5 Å². The summed E-state index contributed by atoms with van der Waals surface area (Å²) in [6, 6.07) is 18.0. The van der Waals surface area contributed by atoms with Crippen LogP contribution in [0.1, 0.15) is 18.9 Å². The SMILES string of the molecule is CCOc1ccccc1N1CCN(S(=O)(=O)CCCc2ccccc2)CC1. The Bertz CT molecular complexity index is 816. The first-order valence-electron chi connectivity index (χ1n) is 9.58. The van der Waals surface area contributed by atoms with Gasteiger partial charge in [0.15, 0.2) is 0 Å². The molecule has 1 fully saturated rings. The molecule has 0 atom stereocenters. The molecule has 0 bridgehead atoms. The summed E-state index contributed by atoms with van der Waals surface area (Å²) in [6.07, 6.45) is 1.45. The van der Waals surface area contributed by atoms with Crippen LogP contribution in [0, 0.1) is 0 Å². The molecule has 0 saturated carbocycles. The molecule has 0 amide bonds. The minimum absolute atomic E-state index is 0.206. The molecule has 6 heteroatoms. The summed E-state index contributed by atoms with van der Waals surface area (Å²) < 4.78 is 32.7. The van der Waals surface area contributed by atoms with Gasteiger partial charge in [-0.2, -0.15) is 4.31 Å². The van der Waals surface area contributed by atoms with E-state index >= 15 is 0 Å². The van der Waals surface area contributed by atoms with Crippen molar-refractivity contribution in [2.75, 3.05) is 43.4 Å². The Labute approximate surface area is 162 Å². The van der Waals surface area contributed by atoms with Gasteiger partial charge in [0.05, 0.1) is 18.0 Å². The summed E-state index contributed by atoms with van der Waals surface area (Å²) >= 11 is 0. The number of aryl methyl sites for hydroxylation is 1. The first-order chi connectivity index (χ1) is 13.1. The number of rotatable bonds is 8. The Kier molecular flexibility index (Phi) is 6.74. The van der Waals surface area contributed by atoms with Crippen LogP contribution in [0.3, 0.4) is 0 Å². The van der Waals surface area contributed by atoms with E-state index in [4.69, 9.17) is 4.74 Å². The summed E-state index contributed by atoms with van der Waals surface area (Å²) in [5.74, 6) is 1.07. The van der Waals surface area contributed by atoms with Gasteiger partial charge in [-0.1, -0.05) is 42.5 Å². The molecule has 0 aromatic heterocycles. The van der Waals surface area contributed by atoms with E-state index in [0.717, 1.165) is 17.9 Å². The molecule has 1 saturated heterocycles. The molecular formula is C21H28N2O3S. The first-order valence-corrected chi connectivity index (χ1v) is 11.2. The highest BCUT2D eigenvalue weighted by Crippen LogP contribution is 2.29. The van der Waals surface area contributed by atoms with E-state index in [1.165, 1.54) is 5.56 Å². The molecule has 0 radical (unpaired) electrons. The fourth-order valence-electron chi connectivity index (χ4n) is 3.44. The van der Waals surface area contributed by atoms with Crippen molar-refractivity contribution in [2.24, 2.45) is 0 Å². The number of para-hydroxylation sites is 2. The molecule has 1 aliphatic rings. The van der Waals surface area contributed by atoms with Crippen LogP contribution in [0.2, 0.25) is 0 Å². The summed E-state index contributed by atoms with van der Waals surface area (Å²) in [7, 11) is -3.20. The number of ether oxygens (including phenoxy) is 1. The summed E-state index contributed by atoms with van der Waals surface area (Å²) in [5, 5.41) is 0. The Morgan fingerprint density at radius 3 is 2.30 bits per heavy atom. The van der Waals surface area contributed by atoms with Gasteiger partial charge in [-0.15, -0.1) is 0 Å². The normalized spacial score (nSPS) is 15.7. The van der Waals surface area contributed by atoms with Gasteiger partial charge in [0.1, 0.15) is 5.75 Å². The molecule has 0 unspecified atom stereocenters. The second-order valence-corrected chi connectivity index (χ2v) is 8.78. The second kappa shape index (κ2) is 9.24. The van der Waals surface area contributed by atoms with Gasteiger partial charge in [0.2, 0.25) is 10.0 Å². The molecule has 0 aliphatic carbocycles. The van der Waals surface area contributed by atoms with E-state index in [1.54, 1.807) is 4.31 Å². The maximum Gasteiger partial charge on any atom is 0.214 e. The zero-order chi connectivity index (χ0) is 19.1. The van der Waals surface area contributed by atoms with Gasteiger partial charge in [-0.05, 0) is 37.5 Å². The Hall–Kier alpha value is -2.05. The molecule has 3 rings (SSSR count). The van der Waals surface area contributed by atoms with Crippen LogP contribution in [0.4, 0.5) is 5.69 Å². The largest absolute Gasteiger partial charge is 0.492 e. The maximum atomic E-state index is 12.7. The lowest BCUT2D eigenvalue weighted by molar-refractivity contribution is 0.337. The molecule has 0 spiro atoms. The van der Waals surface area contributed by atoms with Gasteiger partial charge in [0.25, 0.3) is 0 Å². The van der Waals surface area contributed by atoms with E-state index in [9.17, 15) is 8.42 Å². The van der Waals surface area contributed by atoms with Gasteiger partial charge >= 0.3 is 0 Å². The maximum absolute atomic E-state index is 12.7. The quantitative estimate of drug-likeness (QED) is 0.697. The summed E-state index contributed by atoms with van der Waals surface area (Å²) in [6.45, 7) is 5.00. The molecule has 2 aromatic rings. The van der Waals surface area contributed by atoms with Crippen molar-refractivity contribution in [3.8, 4) is 5.75 Å². The number of nitrogens with zero attached hydrogens (tertiary/aromatic N) is 2. The Balaban J connectivity index is 1.53. The lowest BCUT2D eigenvalue weighted by atomic mass is 10.1. The van der Waals surface area contributed by atoms with E-state index in [2.05, 4.69) is 4.90 Å². The average molecular weight is 389 g/mol. The van der Waals surface area contributed by atoms with Crippen LogP contribution in [0.25, 0.3) is 0 Å². The lowest BCUT2D eigenvalue weighted by Crippen LogP contribution is -2.49. The van der Waals surface area contributed by atoms with Crippen LogP contribution in [0.15, 0.2) is 54.6 Å². The number of anilines is 1. The molecule has 27 heavy (non-hydrogen) atoms. The molecule has 1 heterocycles. The van der Waals surface area contributed by atoms with Gasteiger partial charge < -0.3 is 9.64 Å². The number of sulfonamides is 1. The van der Waals surface area contributed by atoms with Crippen molar-refractivity contribution >= 4 is 15.7 Å². The number of piperazine rings is 1. The molecule has 2 aromatic carbocycles. The van der Waals surface area contributed by atoms with Crippen molar-refractivity contribution in [1.82, 2.24) is 4.31 Å². The predicted molar refractivity (Wildman–Crippen MR) is 110 cm³/mol. The lowest BCUT2D eigenvalue weighted by Gasteiger charge is -2.36. The standard InChI is InChI=1S/C21H28N2O3S/c1-2-26-21-13-7-6-12-20(21)22-14-16-23(17-15-22)27(24,25)18-8-11-19-9-4-3-5-10-19/h3-7,9-10,12-13H,2,8,11,14-18H2,1H3. The number of hydrogen-bond acceptors (Lipinski definition) is 4. The average Bonchev–Trinajstić information content (AvgIpc) is 2.69. The first kappa shape index (κ1) is 19.7. The minimum atomic E-state index is -3.20. The number of hydrogen-bond donors (Lipinski definition) is 0. The molecule has 5 nitrogen and oxygen atoms in total. The smallest absolute Gasteiger partial charge is 0.214 e. The molecule has 146 valence electrons. The zero-order valence-electron chi connectivity index (χ0n) is 15.9. The van der Waals surface area contributed by atoms with Crippen molar-refractivity contribution in [3.63, 3.8) is 0 Å². The van der Waals surface area contributed by atoms with Gasteiger partial charge in [-0.3, -0.25) is 0 Å². The molecule has 1 aliphatic heterocycles. The van der Waals surface area contributed by atoms with Crippen LogP contribution in [-0.4, -0.2) is 51.3 Å². The number of benzene rings is 2. The highest BCUT2D eigenvalue weighted by Gasteiger charge is 2.27. The highest BCUT2D eigenvalue weighted by molar-refractivity contribution is 7.89. The van der Waals surface area contributed by atoms with Crippen LogP contribution < -0.4 is 9.64 Å². The van der Waals surface area contributed by atoms with Crippen molar-refractivity contribution in [3.05, 3.63) is 60.2 Å². The van der Waals surface area contributed by atoms with Crippen molar-refractivity contribution in [2.45, 2.75) is 19.8 Å². The van der Waals surface area contributed by atoms with Gasteiger partial charge in [-0.25, -0.2) is 8.42 Å². The second-order valence-electron chi connectivity index (χ2n) is 6.69. The topological polar surface area (TPSA) is 49.9 Å². The monoisotopic (exact) mass is 388 g/mol. The summed E-state index contributed by atoms with van der Waals surface area (Å²) in [4.78, 5) is 2.21. The predicted octanol–water partition coefficient (Wildman–Crippen LogP) is 3.17.